The van der Waals surface area contributed by atoms with Crippen LogP contribution in [0.3, 0.4) is 0 Å². The molecule has 1 aliphatic carbocycles. The van der Waals surface area contributed by atoms with Crippen LogP contribution in [0, 0.1) is 29.1 Å². The Balaban J connectivity index is 1.93. The smallest absolute Gasteiger partial charge is 0.203 e. The van der Waals surface area contributed by atoms with E-state index in [0.717, 1.165) is 30.1 Å². The summed E-state index contributed by atoms with van der Waals surface area (Å²) in [6, 6.07) is 6.22. The molecule has 2 rings (SSSR count). The molecule has 0 amide bonds. The standard InChI is InChI=1S/C16H24N2O/c1-11(2)15-7-4-12(3)8-16(15)18-10-14-6-5-13(9-17)19-14/h5-6,11-12,15-16,18H,4,7-8,10H2,1-3H3. The van der Waals surface area contributed by atoms with Gasteiger partial charge in [-0.2, -0.15) is 5.26 Å². The number of furan rings is 1. The summed E-state index contributed by atoms with van der Waals surface area (Å²) in [6.07, 6.45) is 3.91. The number of nitrogens with one attached hydrogen (secondary N) is 1. The van der Waals surface area contributed by atoms with Gasteiger partial charge in [0.15, 0.2) is 0 Å². The molecule has 0 radical (unpaired) electrons. The Morgan fingerprint density at radius 2 is 2.21 bits per heavy atom. The van der Waals surface area contributed by atoms with E-state index >= 15 is 0 Å². The molecule has 1 aliphatic rings. The Kier molecular flexibility index (Phi) is 4.66. The van der Waals surface area contributed by atoms with Crippen LogP contribution >= 0.6 is 0 Å². The summed E-state index contributed by atoms with van der Waals surface area (Å²) in [6.45, 7) is 7.69. The summed E-state index contributed by atoms with van der Waals surface area (Å²) in [5.74, 6) is 3.53. The Labute approximate surface area is 116 Å². The summed E-state index contributed by atoms with van der Waals surface area (Å²) in [7, 11) is 0. The predicted octanol–water partition coefficient (Wildman–Crippen LogP) is 3.70. The molecule has 1 saturated carbocycles. The van der Waals surface area contributed by atoms with E-state index < -0.39 is 0 Å². The van der Waals surface area contributed by atoms with Gasteiger partial charge in [-0.3, -0.25) is 0 Å². The summed E-state index contributed by atoms with van der Waals surface area (Å²) in [5.41, 5.74) is 0. The van der Waals surface area contributed by atoms with Crippen LogP contribution in [0.4, 0.5) is 0 Å². The van der Waals surface area contributed by atoms with Crippen molar-refractivity contribution in [1.29, 1.82) is 5.26 Å². The summed E-state index contributed by atoms with van der Waals surface area (Å²) in [4.78, 5) is 0. The number of hydrogen-bond donors (Lipinski definition) is 1. The van der Waals surface area contributed by atoms with Crippen LogP contribution in [-0.2, 0) is 6.54 Å². The normalized spacial score (nSPS) is 27.4. The van der Waals surface area contributed by atoms with Gasteiger partial charge in [-0.05, 0) is 42.7 Å². The van der Waals surface area contributed by atoms with E-state index in [4.69, 9.17) is 9.68 Å². The number of nitrogens with zero attached hydrogens (tertiary/aromatic N) is 1. The van der Waals surface area contributed by atoms with E-state index in [-0.39, 0.29) is 0 Å². The first-order chi connectivity index (χ1) is 9.10. The molecule has 0 bridgehead atoms. The maximum atomic E-state index is 8.75. The molecule has 3 heteroatoms. The molecule has 0 saturated heterocycles. The van der Waals surface area contributed by atoms with Crippen LogP contribution in [0.1, 0.15) is 51.6 Å². The van der Waals surface area contributed by atoms with Gasteiger partial charge in [-0.25, -0.2) is 0 Å². The second kappa shape index (κ2) is 6.25. The second-order valence-corrected chi connectivity index (χ2v) is 6.19. The van der Waals surface area contributed by atoms with E-state index in [2.05, 4.69) is 26.1 Å². The van der Waals surface area contributed by atoms with Crippen molar-refractivity contribution < 1.29 is 4.42 Å². The second-order valence-electron chi connectivity index (χ2n) is 6.19. The van der Waals surface area contributed by atoms with Gasteiger partial charge in [0.2, 0.25) is 5.76 Å². The van der Waals surface area contributed by atoms with Gasteiger partial charge in [0, 0.05) is 6.04 Å². The minimum Gasteiger partial charge on any atom is -0.449 e. The van der Waals surface area contributed by atoms with Gasteiger partial charge in [0.1, 0.15) is 11.8 Å². The van der Waals surface area contributed by atoms with Crippen LogP contribution in [0.5, 0.6) is 0 Å². The molecule has 0 spiro atoms. The third-order valence-electron chi connectivity index (χ3n) is 4.33. The van der Waals surface area contributed by atoms with E-state index in [1.807, 2.05) is 12.1 Å². The van der Waals surface area contributed by atoms with Crippen molar-refractivity contribution >= 4 is 0 Å². The van der Waals surface area contributed by atoms with Gasteiger partial charge in [0.05, 0.1) is 6.54 Å². The van der Waals surface area contributed by atoms with Crippen LogP contribution in [-0.4, -0.2) is 6.04 Å². The first-order valence-corrected chi connectivity index (χ1v) is 7.32. The maximum absolute atomic E-state index is 8.75. The monoisotopic (exact) mass is 260 g/mol. The van der Waals surface area contributed by atoms with Crippen LogP contribution in [0.15, 0.2) is 16.5 Å². The molecule has 3 atom stereocenters. The Bertz CT molecular complexity index is 444. The first-order valence-electron chi connectivity index (χ1n) is 7.32. The van der Waals surface area contributed by atoms with E-state index in [1.165, 1.54) is 19.3 Å². The predicted molar refractivity (Wildman–Crippen MR) is 75.4 cm³/mol. The topological polar surface area (TPSA) is 49.0 Å². The molecule has 0 aliphatic heterocycles. The molecule has 1 heterocycles. The zero-order valence-corrected chi connectivity index (χ0v) is 12.1. The third-order valence-corrected chi connectivity index (χ3v) is 4.33. The first kappa shape index (κ1) is 14.1. The molecular weight excluding hydrogens is 236 g/mol. The highest BCUT2D eigenvalue weighted by atomic mass is 16.3. The van der Waals surface area contributed by atoms with E-state index in [0.29, 0.717) is 11.8 Å². The van der Waals surface area contributed by atoms with Crippen molar-refractivity contribution in [3.05, 3.63) is 23.7 Å². The summed E-state index contributed by atoms with van der Waals surface area (Å²) >= 11 is 0. The van der Waals surface area contributed by atoms with Gasteiger partial charge in [-0.1, -0.05) is 27.2 Å². The maximum Gasteiger partial charge on any atom is 0.203 e. The molecule has 1 N–H and O–H groups in total. The zero-order chi connectivity index (χ0) is 13.8. The minimum absolute atomic E-state index is 0.397. The molecule has 104 valence electrons. The number of hydrogen-bond acceptors (Lipinski definition) is 3. The lowest BCUT2D eigenvalue weighted by Gasteiger charge is -2.37. The minimum atomic E-state index is 0.397. The van der Waals surface area contributed by atoms with Gasteiger partial charge in [-0.15, -0.1) is 0 Å². The molecule has 3 nitrogen and oxygen atoms in total. The molecule has 0 aromatic carbocycles. The SMILES string of the molecule is CC1CCC(C(C)C)C(NCc2ccc(C#N)o2)C1. The Hall–Kier alpha value is -1.27. The molecule has 1 fully saturated rings. The molecule has 3 unspecified atom stereocenters. The zero-order valence-electron chi connectivity index (χ0n) is 12.1. The van der Waals surface area contributed by atoms with E-state index in [1.54, 1.807) is 6.07 Å². The van der Waals surface area contributed by atoms with Crippen molar-refractivity contribution in [2.75, 3.05) is 0 Å². The quantitative estimate of drug-likeness (QED) is 0.898. The fourth-order valence-electron chi connectivity index (χ4n) is 3.20. The average molecular weight is 260 g/mol. The molecular formula is C16H24N2O. The average Bonchev–Trinajstić information content (AvgIpc) is 2.84. The van der Waals surface area contributed by atoms with Crippen LogP contribution in [0.2, 0.25) is 0 Å². The van der Waals surface area contributed by atoms with Crippen molar-refractivity contribution in [1.82, 2.24) is 5.32 Å². The fraction of sp³-hybridized carbons (Fsp3) is 0.688. The van der Waals surface area contributed by atoms with E-state index in [9.17, 15) is 0 Å². The lowest BCUT2D eigenvalue weighted by molar-refractivity contribution is 0.167. The van der Waals surface area contributed by atoms with Crippen molar-refractivity contribution in [3.63, 3.8) is 0 Å². The van der Waals surface area contributed by atoms with Crippen molar-refractivity contribution in [2.24, 2.45) is 17.8 Å². The highest BCUT2D eigenvalue weighted by molar-refractivity contribution is 5.19. The molecule has 1 aromatic heterocycles. The van der Waals surface area contributed by atoms with Gasteiger partial charge >= 0.3 is 0 Å². The van der Waals surface area contributed by atoms with Gasteiger partial charge < -0.3 is 9.73 Å². The lowest BCUT2D eigenvalue weighted by atomic mass is 9.74. The Morgan fingerprint density at radius 1 is 1.42 bits per heavy atom. The van der Waals surface area contributed by atoms with Crippen LogP contribution in [0.25, 0.3) is 0 Å². The highest BCUT2D eigenvalue weighted by Crippen LogP contribution is 2.33. The highest BCUT2D eigenvalue weighted by Gasteiger charge is 2.30. The lowest BCUT2D eigenvalue weighted by Crippen LogP contribution is -2.42. The Morgan fingerprint density at radius 3 is 2.84 bits per heavy atom. The molecule has 1 aromatic rings. The number of nitriles is 1. The van der Waals surface area contributed by atoms with Gasteiger partial charge in [0.25, 0.3) is 0 Å². The van der Waals surface area contributed by atoms with Crippen LogP contribution < -0.4 is 5.32 Å². The molecule has 19 heavy (non-hydrogen) atoms. The number of rotatable bonds is 4. The van der Waals surface area contributed by atoms with Crippen molar-refractivity contribution in [3.8, 4) is 6.07 Å². The third kappa shape index (κ3) is 3.61. The fourth-order valence-corrected chi connectivity index (χ4v) is 3.20. The summed E-state index contributed by atoms with van der Waals surface area (Å²) in [5, 5.41) is 12.4. The summed E-state index contributed by atoms with van der Waals surface area (Å²) < 4.78 is 5.42. The van der Waals surface area contributed by atoms with Crippen molar-refractivity contribution in [2.45, 2.75) is 52.6 Å². The largest absolute Gasteiger partial charge is 0.449 e.